The molecule has 0 unspecified atom stereocenters. The van der Waals surface area contributed by atoms with E-state index in [2.05, 4.69) is 23.3 Å². The second kappa shape index (κ2) is 7.45. The lowest BCUT2D eigenvalue weighted by molar-refractivity contribution is 0.385. The van der Waals surface area contributed by atoms with Crippen LogP contribution in [-0.2, 0) is 0 Å². The minimum absolute atomic E-state index is 0.153. The van der Waals surface area contributed by atoms with Crippen molar-refractivity contribution in [3.8, 4) is 0 Å². The molecule has 4 rings (SSSR count). The molecule has 1 heterocycles. The predicted octanol–water partition coefficient (Wildman–Crippen LogP) is 6.31. The zero-order valence-corrected chi connectivity index (χ0v) is 16.4. The fraction of sp³-hybridized carbons (Fsp3) is 0.333. The van der Waals surface area contributed by atoms with E-state index in [-0.39, 0.29) is 5.54 Å². The zero-order chi connectivity index (χ0) is 18.0. The highest BCUT2D eigenvalue weighted by Crippen LogP contribution is 2.44. The third-order valence-electron chi connectivity index (χ3n) is 5.18. The van der Waals surface area contributed by atoms with Crippen LogP contribution in [0.3, 0.4) is 0 Å². The lowest BCUT2D eigenvalue weighted by Crippen LogP contribution is -2.52. The summed E-state index contributed by atoms with van der Waals surface area (Å²) >= 11 is 7.81. The maximum atomic E-state index is 6.12. The third-order valence-corrected chi connectivity index (χ3v) is 6.07. The number of hydrogen-bond acceptors (Lipinski definition) is 3. The molecule has 1 fully saturated rings. The summed E-state index contributed by atoms with van der Waals surface area (Å²) in [7, 11) is 0. The summed E-state index contributed by atoms with van der Waals surface area (Å²) in [6.45, 7) is 0. The average molecular weight is 384 g/mol. The van der Waals surface area contributed by atoms with E-state index < -0.39 is 0 Å². The molecule has 1 aliphatic carbocycles. The summed E-state index contributed by atoms with van der Waals surface area (Å²) < 4.78 is 0. The molecule has 0 saturated heterocycles. The van der Waals surface area contributed by atoms with Gasteiger partial charge in [-0.15, -0.1) is 0 Å². The molecule has 1 spiro atoms. The van der Waals surface area contributed by atoms with Crippen LogP contribution in [0.2, 0.25) is 5.02 Å². The summed E-state index contributed by atoms with van der Waals surface area (Å²) in [5.74, 6) is 0.947. The van der Waals surface area contributed by atoms with Crippen molar-refractivity contribution in [1.29, 1.82) is 0 Å². The van der Waals surface area contributed by atoms with E-state index in [0.717, 1.165) is 40.2 Å². The molecular weight excluding hydrogens is 362 g/mol. The number of para-hydroxylation sites is 1. The zero-order valence-electron chi connectivity index (χ0n) is 14.9. The number of benzene rings is 2. The van der Waals surface area contributed by atoms with Crippen LogP contribution in [0.5, 0.6) is 0 Å². The van der Waals surface area contributed by atoms with Crippen LogP contribution in [0, 0.1) is 0 Å². The maximum Gasteiger partial charge on any atom is 0.170 e. The molecule has 0 bridgehead atoms. The van der Waals surface area contributed by atoms with E-state index in [1.165, 1.54) is 19.3 Å². The Morgan fingerprint density at radius 3 is 2.35 bits per heavy atom. The lowest BCUT2D eigenvalue weighted by Gasteiger charge is -2.42. The van der Waals surface area contributed by atoms with Crippen LogP contribution in [0.25, 0.3) is 0 Å². The van der Waals surface area contributed by atoms with E-state index >= 15 is 0 Å². The van der Waals surface area contributed by atoms with Crippen molar-refractivity contribution in [3.63, 3.8) is 0 Å². The smallest absolute Gasteiger partial charge is 0.170 e. The Morgan fingerprint density at radius 2 is 1.69 bits per heavy atom. The lowest BCUT2D eigenvalue weighted by atomic mass is 9.79. The van der Waals surface area contributed by atoms with Crippen molar-refractivity contribution in [1.82, 2.24) is 0 Å². The van der Waals surface area contributed by atoms with Crippen LogP contribution in [0.4, 0.5) is 11.4 Å². The summed E-state index contributed by atoms with van der Waals surface area (Å²) in [6, 6.07) is 18.3. The molecule has 2 aromatic rings. The molecule has 26 heavy (non-hydrogen) atoms. The molecule has 0 atom stereocenters. The Morgan fingerprint density at radius 1 is 1.00 bits per heavy atom. The summed E-state index contributed by atoms with van der Waals surface area (Å²) in [4.78, 5) is 12.4. The van der Waals surface area contributed by atoms with Gasteiger partial charge in [0.25, 0.3) is 0 Å². The predicted molar refractivity (Wildman–Crippen MR) is 114 cm³/mol. The standard InChI is InChI=1S/C21H22ClN3S/c1-26-20-24-19(23-17-8-4-2-5-9-17)21(14-6-3-7-15-21)25(20)18-12-10-16(22)11-13-18/h2,4-5,8-13H,3,6-7,14-15H2,1H3. The molecule has 5 heteroatoms. The highest BCUT2D eigenvalue weighted by molar-refractivity contribution is 8.13. The second-order valence-electron chi connectivity index (χ2n) is 6.77. The van der Waals surface area contributed by atoms with Gasteiger partial charge in [-0.1, -0.05) is 60.8 Å². The molecular formula is C21H22ClN3S. The Bertz CT molecular complexity index is 824. The largest absolute Gasteiger partial charge is 0.307 e. The van der Waals surface area contributed by atoms with Crippen molar-refractivity contribution in [2.75, 3.05) is 11.2 Å². The molecule has 3 nitrogen and oxygen atoms in total. The molecule has 0 radical (unpaired) electrons. The van der Waals surface area contributed by atoms with Crippen LogP contribution in [-0.4, -0.2) is 22.8 Å². The fourth-order valence-electron chi connectivity index (χ4n) is 3.95. The number of amidine groups is 2. The Balaban J connectivity index is 1.83. The monoisotopic (exact) mass is 383 g/mol. The number of aliphatic imine (C=N–C) groups is 2. The normalized spacial score (nSPS) is 20.6. The van der Waals surface area contributed by atoms with Gasteiger partial charge in [-0.25, -0.2) is 9.98 Å². The van der Waals surface area contributed by atoms with Crippen LogP contribution in [0.15, 0.2) is 64.6 Å². The van der Waals surface area contributed by atoms with Crippen molar-refractivity contribution >= 4 is 45.7 Å². The van der Waals surface area contributed by atoms with Crippen LogP contribution >= 0.6 is 23.4 Å². The second-order valence-corrected chi connectivity index (χ2v) is 7.98. The molecule has 1 saturated carbocycles. The van der Waals surface area contributed by atoms with Crippen LogP contribution < -0.4 is 4.90 Å². The SMILES string of the molecule is CSC1=NC(=Nc2ccccc2)C2(CCCCC2)N1c1ccc(Cl)cc1. The molecule has 1 aliphatic heterocycles. The molecule has 2 aliphatic rings. The van der Waals surface area contributed by atoms with E-state index in [0.29, 0.717) is 0 Å². The average Bonchev–Trinajstić information content (AvgIpc) is 2.97. The van der Waals surface area contributed by atoms with Gasteiger partial charge < -0.3 is 4.90 Å². The minimum Gasteiger partial charge on any atom is -0.307 e. The van der Waals surface area contributed by atoms with Gasteiger partial charge in [-0.3, -0.25) is 0 Å². The van der Waals surface area contributed by atoms with Gasteiger partial charge in [0.05, 0.1) is 5.69 Å². The van der Waals surface area contributed by atoms with E-state index in [1.54, 1.807) is 11.8 Å². The third kappa shape index (κ3) is 3.17. The Hall–Kier alpha value is -1.78. The highest BCUT2D eigenvalue weighted by atomic mass is 35.5. The summed E-state index contributed by atoms with van der Waals surface area (Å²) in [5.41, 5.74) is 1.96. The molecule has 134 valence electrons. The molecule has 0 aromatic heterocycles. The van der Waals surface area contributed by atoms with Gasteiger partial charge in [0.15, 0.2) is 11.0 Å². The Labute approximate surface area is 164 Å². The first-order valence-corrected chi connectivity index (χ1v) is 10.7. The van der Waals surface area contributed by atoms with Gasteiger partial charge in [-0.2, -0.15) is 0 Å². The first-order valence-electron chi connectivity index (χ1n) is 9.06. The number of anilines is 1. The van der Waals surface area contributed by atoms with Crippen LogP contribution in [0.1, 0.15) is 32.1 Å². The number of thioether (sulfide) groups is 1. The van der Waals surface area contributed by atoms with E-state index in [4.69, 9.17) is 21.6 Å². The van der Waals surface area contributed by atoms with Crippen molar-refractivity contribution in [2.45, 2.75) is 37.6 Å². The summed E-state index contributed by atoms with van der Waals surface area (Å²) in [5, 5.41) is 1.77. The van der Waals surface area contributed by atoms with Crippen molar-refractivity contribution in [3.05, 3.63) is 59.6 Å². The topological polar surface area (TPSA) is 28.0 Å². The van der Waals surface area contributed by atoms with Crippen molar-refractivity contribution < 1.29 is 0 Å². The highest BCUT2D eigenvalue weighted by Gasteiger charge is 2.49. The molecule has 2 aromatic carbocycles. The van der Waals surface area contributed by atoms with Gasteiger partial charge >= 0.3 is 0 Å². The van der Waals surface area contributed by atoms with Gasteiger partial charge in [0.1, 0.15) is 5.54 Å². The minimum atomic E-state index is -0.153. The quantitative estimate of drug-likeness (QED) is 0.607. The first kappa shape index (κ1) is 17.6. The molecule has 0 amide bonds. The van der Waals surface area contributed by atoms with Crippen molar-refractivity contribution in [2.24, 2.45) is 9.98 Å². The van der Waals surface area contributed by atoms with Gasteiger partial charge in [0.2, 0.25) is 0 Å². The molecule has 0 N–H and O–H groups in total. The number of rotatable bonds is 2. The summed E-state index contributed by atoms with van der Waals surface area (Å²) in [6.07, 6.45) is 7.93. The first-order chi connectivity index (χ1) is 12.7. The number of halogens is 1. The number of nitrogens with zero attached hydrogens (tertiary/aromatic N) is 3. The van der Waals surface area contributed by atoms with E-state index in [1.807, 2.05) is 42.5 Å². The van der Waals surface area contributed by atoms with Gasteiger partial charge in [-0.05, 0) is 55.5 Å². The maximum absolute atomic E-state index is 6.12. The Kier molecular flexibility index (Phi) is 5.05. The van der Waals surface area contributed by atoms with Gasteiger partial charge in [0, 0.05) is 10.7 Å². The fourth-order valence-corrected chi connectivity index (χ4v) is 4.72. The number of hydrogen-bond donors (Lipinski definition) is 0. The van der Waals surface area contributed by atoms with E-state index in [9.17, 15) is 0 Å².